The van der Waals surface area contributed by atoms with Gasteiger partial charge in [-0.15, -0.1) is 0 Å². The van der Waals surface area contributed by atoms with Gasteiger partial charge in [0.05, 0.1) is 6.42 Å². The van der Waals surface area contributed by atoms with Crippen LogP contribution in [0.25, 0.3) is 0 Å². The molecule has 1 fully saturated rings. The Hall–Kier alpha value is -3.15. The van der Waals surface area contributed by atoms with Crippen LogP contribution in [0.1, 0.15) is 23.1 Å². The number of carbonyl (C=O) groups excluding carboxylic acids is 2. The smallest absolute Gasteiger partial charge is 0.327 e. The third kappa shape index (κ3) is 4.14. The third-order valence-electron chi connectivity index (χ3n) is 6.61. The molecule has 3 aromatic carbocycles. The molecule has 0 saturated carbocycles. The van der Waals surface area contributed by atoms with Crippen molar-refractivity contribution in [2.75, 3.05) is 26.2 Å². The number of ether oxygens (including phenoxy) is 1. The molecular weight excluding hydrogens is 436 g/mol. The molecule has 5 rings (SSSR count). The Labute approximate surface area is 198 Å². The standard InChI is InChI=1S/C27H25ClN2O3/c28-22-11-12-24-23(17-22)27(26(32)33-24,21-9-5-2-6-10-21)18-25(31)30-15-13-29(14-16-30)19-20-7-3-1-4-8-20/h1-12,17H,13-16,18-19H2. The summed E-state index contributed by atoms with van der Waals surface area (Å²) in [5.74, 6) is -0.0150. The number of fused-ring (bicyclic) bond motifs is 1. The summed E-state index contributed by atoms with van der Waals surface area (Å²) in [6, 6.07) is 24.9. The molecule has 0 bridgehead atoms. The van der Waals surface area contributed by atoms with Crippen LogP contribution in [0.2, 0.25) is 5.02 Å². The second-order valence-electron chi connectivity index (χ2n) is 8.62. The second-order valence-corrected chi connectivity index (χ2v) is 9.06. The SMILES string of the molecule is O=C(CC1(c2ccccc2)C(=O)Oc2ccc(Cl)cc21)N1CCN(Cc2ccccc2)CC1. The van der Waals surface area contributed by atoms with Crippen molar-refractivity contribution in [3.8, 4) is 5.75 Å². The molecule has 1 saturated heterocycles. The van der Waals surface area contributed by atoms with E-state index >= 15 is 0 Å². The summed E-state index contributed by atoms with van der Waals surface area (Å²) in [4.78, 5) is 31.0. The fourth-order valence-corrected chi connectivity index (χ4v) is 4.99. The average Bonchev–Trinajstić information content (AvgIpc) is 3.12. The Kier molecular flexibility index (Phi) is 5.92. The van der Waals surface area contributed by atoms with Gasteiger partial charge in [-0.05, 0) is 29.3 Å². The van der Waals surface area contributed by atoms with Crippen LogP contribution in [0.5, 0.6) is 5.75 Å². The summed E-state index contributed by atoms with van der Waals surface area (Å²) >= 11 is 6.29. The lowest BCUT2D eigenvalue weighted by atomic mass is 9.72. The average molecular weight is 461 g/mol. The van der Waals surface area contributed by atoms with Crippen LogP contribution >= 0.6 is 11.6 Å². The number of esters is 1. The Balaban J connectivity index is 1.37. The Morgan fingerprint density at radius 1 is 0.909 bits per heavy atom. The van der Waals surface area contributed by atoms with Crippen LogP contribution < -0.4 is 4.74 Å². The fraction of sp³-hybridized carbons (Fsp3) is 0.259. The van der Waals surface area contributed by atoms with E-state index in [1.54, 1.807) is 18.2 Å². The third-order valence-corrected chi connectivity index (χ3v) is 6.84. The molecule has 0 aromatic heterocycles. The van der Waals surface area contributed by atoms with Crippen LogP contribution in [0.3, 0.4) is 0 Å². The largest absolute Gasteiger partial charge is 0.425 e. The van der Waals surface area contributed by atoms with Gasteiger partial charge in [0.25, 0.3) is 0 Å². The van der Waals surface area contributed by atoms with Crippen molar-refractivity contribution in [2.45, 2.75) is 18.4 Å². The first kappa shape index (κ1) is 21.7. The van der Waals surface area contributed by atoms with Gasteiger partial charge in [0.2, 0.25) is 5.91 Å². The molecule has 0 N–H and O–H groups in total. The molecule has 168 valence electrons. The highest BCUT2D eigenvalue weighted by Gasteiger charge is 2.52. The summed E-state index contributed by atoms with van der Waals surface area (Å²) in [5, 5.41) is 0.509. The number of hydrogen-bond donors (Lipinski definition) is 0. The molecule has 5 nitrogen and oxygen atoms in total. The number of halogens is 1. The first-order valence-electron chi connectivity index (χ1n) is 11.2. The molecule has 2 aliphatic heterocycles. The van der Waals surface area contributed by atoms with Crippen molar-refractivity contribution in [3.63, 3.8) is 0 Å². The minimum absolute atomic E-state index is 0.0157. The Morgan fingerprint density at radius 3 is 2.27 bits per heavy atom. The molecule has 6 heteroatoms. The summed E-state index contributed by atoms with van der Waals surface area (Å²) in [5.41, 5.74) is 1.47. The molecular formula is C27H25ClN2O3. The molecule has 2 heterocycles. The number of carbonyl (C=O) groups is 2. The maximum atomic E-state index is 13.5. The topological polar surface area (TPSA) is 49.9 Å². The van der Waals surface area contributed by atoms with Crippen LogP contribution in [0.15, 0.2) is 78.9 Å². The first-order chi connectivity index (χ1) is 16.1. The highest BCUT2D eigenvalue weighted by atomic mass is 35.5. The number of rotatable bonds is 5. The molecule has 1 unspecified atom stereocenters. The van der Waals surface area contributed by atoms with Gasteiger partial charge in [0.1, 0.15) is 11.2 Å². The van der Waals surface area contributed by atoms with E-state index in [0.717, 1.165) is 25.2 Å². The van der Waals surface area contributed by atoms with Crippen molar-refractivity contribution in [1.82, 2.24) is 9.80 Å². The van der Waals surface area contributed by atoms with Crippen molar-refractivity contribution in [1.29, 1.82) is 0 Å². The highest BCUT2D eigenvalue weighted by Crippen LogP contribution is 2.48. The van der Waals surface area contributed by atoms with Crippen LogP contribution in [0.4, 0.5) is 0 Å². The van der Waals surface area contributed by atoms with E-state index in [1.807, 2.05) is 53.4 Å². The molecule has 1 amide bonds. The van der Waals surface area contributed by atoms with Crippen molar-refractivity contribution >= 4 is 23.5 Å². The summed E-state index contributed by atoms with van der Waals surface area (Å²) in [6.45, 7) is 3.73. The Morgan fingerprint density at radius 2 is 1.58 bits per heavy atom. The van der Waals surface area contributed by atoms with Crippen LogP contribution in [0, 0.1) is 0 Å². The molecule has 0 spiro atoms. The van der Waals surface area contributed by atoms with Gasteiger partial charge >= 0.3 is 5.97 Å². The molecule has 33 heavy (non-hydrogen) atoms. The normalized spacial score (nSPS) is 20.4. The fourth-order valence-electron chi connectivity index (χ4n) is 4.82. The molecule has 2 aliphatic rings. The lowest BCUT2D eigenvalue weighted by Gasteiger charge is -2.36. The minimum atomic E-state index is -1.19. The van der Waals surface area contributed by atoms with Crippen molar-refractivity contribution in [3.05, 3.63) is 101 Å². The van der Waals surface area contributed by atoms with Gasteiger partial charge in [-0.2, -0.15) is 0 Å². The van der Waals surface area contributed by atoms with E-state index in [9.17, 15) is 9.59 Å². The van der Waals surface area contributed by atoms with Crippen molar-refractivity contribution in [2.24, 2.45) is 0 Å². The number of piperazine rings is 1. The zero-order valence-electron chi connectivity index (χ0n) is 18.2. The summed E-state index contributed by atoms with van der Waals surface area (Å²) in [7, 11) is 0. The quantitative estimate of drug-likeness (QED) is 0.421. The number of nitrogens with zero attached hydrogens (tertiary/aromatic N) is 2. The molecule has 0 aliphatic carbocycles. The van der Waals surface area contributed by atoms with Crippen LogP contribution in [-0.2, 0) is 21.5 Å². The van der Waals surface area contributed by atoms with E-state index < -0.39 is 11.4 Å². The number of benzene rings is 3. The number of hydrogen-bond acceptors (Lipinski definition) is 4. The second kappa shape index (κ2) is 9.00. The maximum Gasteiger partial charge on any atom is 0.327 e. The monoisotopic (exact) mass is 460 g/mol. The minimum Gasteiger partial charge on any atom is -0.425 e. The Bertz CT molecular complexity index is 1160. The van der Waals surface area contributed by atoms with Crippen LogP contribution in [-0.4, -0.2) is 47.9 Å². The molecule has 1 atom stereocenters. The zero-order valence-corrected chi connectivity index (χ0v) is 19.0. The van der Waals surface area contributed by atoms with Gasteiger partial charge in [-0.1, -0.05) is 72.3 Å². The molecule has 0 radical (unpaired) electrons. The lowest BCUT2D eigenvalue weighted by molar-refractivity contribution is -0.142. The van der Waals surface area contributed by atoms with Gasteiger partial charge in [-0.3, -0.25) is 14.5 Å². The van der Waals surface area contributed by atoms with E-state index in [-0.39, 0.29) is 12.3 Å². The van der Waals surface area contributed by atoms with E-state index in [0.29, 0.717) is 29.4 Å². The van der Waals surface area contributed by atoms with Gasteiger partial charge in [0.15, 0.2) is 0 Å². The van der Waals surface area contributed by atoms with Crippen molar-refractivity contribution < 1.29 is 14.3 Å². The summed E-state index contributed by atoms with van der Waals surface area (Å²) < 4.78 is 5.63. The van der Waals surface area contributed by atoms with E-state index in [2.05, 4.69) is 17.0 Å². The molecule has 3 aromatic rings. The zero-order chi connectivity index (χ0) is 22.8. The number of amides is 1. The van der Waals surface area contributed by atoms with E-state index in [4.69, 9.17) is 16.3 Å². The predicted molar refractivity (Wildman–Crippen MR) is 127 cm³/mol. The van der Waals surface area contributed by atoms with Gasteiger partial charge in [0, 0.05) is 43.3 Å². The van der Waals surface area contributed by atoms with Gasteiger partial charge < -0.3 is 9.64 Å². The van der Waals surface area contributed by atoms with E-state index in [1.165, 1.54) is 5.56 Å². The van der Waals surface area contributed by atoms with Gasteiger partial charge in [-0.25, -0.2) is 0 Å². The lowest BCUT2D eigenvalue weighted by Crippen LogP contribution is -2.50. The maximum absolute atomic E-state index is 13.5. The highest BCUT2D eigenvalue weighted by molar-refractivity contribution is 6.30. The first-order valence-corrected chi connectivity index (χ1v) is 11.6. The predicted octanol–water partition coefficient (Wildman–Crippen LogP) is 4.28. The summed E-state index contributed by atoms with van der Waals surface area (Å²) in [6.07, 6.45) is 0.0157.